The molecule has 0 amide bonds. The van der Waals surface area contributed by atoms with Crippen LogP contribution < -0.4 is 0 Å². The van der Waals surface area contributed by atoms with Crippen molar-refractivity contribution in [3.8, 4) is 0 Å². The first-order chi connectivity index (χ1) is 10.3. The molecule has 2 aromatic carbocycles. The summed E-state index contributed by atoms with van der Waals surface area (Å²) in [6, 6.07) is 9.77. The van der Waals surface area contributed by atoms with Gasteiger partial charge in [-0.15, -0.1) is 0 Å². The van der Waals surface area contributed by atoms with Gasteiger partial charge in [-0.3, -0.25) is 0 Å². The Bertz CT molecular complexity index is 618. The third-order valence-electron chi connectivity index (χ3n) is 3.46. The molecular weight excluding hydrogens is 360 g/mol. The molecule has 2 rings (SSSR count). The minimum atomic E-state index is -4.28. The SMILES string of the molecule is CCCc1ccc(C(F)(F)C(F)(F)c2ccc(Br)cc2)cc1. The van der Waals surface area contributed by atoms with E-state index >= 15 is 0 Å². The molecule has 0 aromatic heterocycles. The number of hydrogen-bond acceptors (Lipinski definition) is 0. The van der Waals surface area contributed by atoms with Crippen LogP contribution in [0.3, 0.4) is 0 Å². The van der Waals surface area contributed by atoms with Crippen molar-refractivity contribution in [3.05, 3.63) is 69.7 Å². The number of hydrogen-bond donors (Lipinski definition) is 0. The second-order valence-electron chi connectivity index (χ2n) is 5.10. The maximum absolute atomic E-state index is 14.3. The van der Waals surface area contributed by atoms with Gasteiger partial charge in [0.05, 0.1) is 0 Å². The van der Waals surface area contributed by atoms with Crippen molar-refractivity contribution in [3.63, 3.8) is 0 Å². The molecule has 5 heteroatoms. The number of aryl methyl sites for hydroxylation is 1. The van der Waals surface area contributed by atoms with Crippen molar-refractivity contribution in [1.29, 1.82) is 0 Å². The van der Waals surface area contributed by atoms with Crippen molar-refractivity contribution in [2.45, 2.75) is 31.6 Å². The molecule has 0 bridgehead atoms. The molecule has 0 spiro atoms. The van der Waals surface area contributed by atoms with Gasteiger partial charge in [-0.05, 0) is 24.1 Å². The van der Waals surface area contributed by atoms with Crippen LogP contribution in [0.5, 0.6) is 0 Å². The molecule has 0 unspecified atom stereocenters. The molecule has 0 aliphatic rings. The Morgan fingerprint density at radius 3 is 1.59 bits per heavy atom. The van der Waals surface area contributed by atoms with Crippen molar-refractivity contribution in [2.75, 3.05) is 0 Å². The molecule has 0 N–H and O–H groups in total. The number of rotatable bonds is 5. The van der Waals surface area contributed by atoms with Crippen LogP contribution in [-0.2, 0) is 18.3 Å². The molecule has 0 heterocycles. The maximum atomic E-state index is 14.3. The van der Waals surface area contributed by atoms with Gasteiger partial charge in [0.15, 0.2) is 0 Å². The predicted molar refractivity (Wildman–Crippen MR) is 82.4 cm³/mol. The van der Waals surface area contributed by atoms with Gasteiger partial charge in [0.2, 0.25) is 0 Å². The lowest BCUT2D eigenvalue weighted by molar-refractivity contribution is -0.223. The summed E-state index contributed by atoms with van der Waals surface area (Å²) in [5, 5.41) is 0. The van der Waals surface area contributed by atoms with Gasteiger partial charge in [0, 0.05) is 15.6 Å². The lowest BCUT2D eigenvalue weighted by Gasteiger charge is -2.27. The summed E-state index contributed by atoms with van der Waals surface area (Å²) in [4.78, 5) is 0. The lowest BCUT2D eigenvalue weighted by Crippen LogP contribution is -2.35. The second kappa shape index (κ2) is 6.41. The Morgan fingerprint density at radius 2 is 1.18 bits per heavy atom. The summed E-state index contributed by atoms with van der Waals surface area (Å²) in [7, 11) is 0. The van der Waals surface area contributed by atoms with E-state index in [0.717, 1.165) is 42.7 Å². The van der Waals surface area contributed by atoms with Gasteiger partial charge < -0.3 is 0 Å². The Kier molecular flexibility index (Phi) is 4.95. The summed E-state index contributed by atoms with van der Waals surface area (Å²) in [6.45, 7) is 1.96. The quantitative estimate of drug-likeness (QED) is 0.539. The van der Waals surface area contributed by atoms with Crippen LogP contribution in [-0.4, -0.2) is 0 Å². The van der Waals surface area contributed by atoms with E-state index < -0.39 is 23.0 Å². The van der Waals surface area contributed by atoms with E-state index in [2.05, 4.69) is 15.9 Å². The topological polar surface area (TPSA) is 0 Å². The molecule has 118 valence electrons. The molecule has 0 nitrogen and oxygen atoms in total. The van der Waals surface area contributed by atoms with Crippen molar-refractivity contribution >= 4 is 15.9 Å². The van der Waals surface area contributed by atoms with E-state index in [9.17, 15) is 17.6 Å². The van der Waals surface area contributed by atoms with Gasteiger partial charge in [0.1, 0.15) is 0 Å². The largest absolute Gasteiger partial charge is 0.339 e. The summed E-state index contributed by atoms with van der Waals surface area (Å²) in [5.41, 5.74) is -0.535. The first-order valence-corrected chi connectivity index (χ1v) is 7.69. The summed E-state index contributed by atoms with van der Waals surface area (Å²) in [5.74, 6) is -8.55. The van der Waals surface area contributed by atoms with E-state index in [0.29, 0.717) is 4.47 Å². The highest BCUT2D eigenvalue weighted by Crippen LogP contribution is 2.49. The van der Waals surface area contributed by atoms with Gasteiger partial charge in [0.25, 0.3) is 0 Å². The smallest absolute Gasteiger partial charge is 0.194 e. The second-order valence-corrected chi connectivity index (χ2v) is 6.02. The number of halogens is 5. The van der Waals surface area contributed by atoms with Gasteiger partial charge in [-0.25, -0.2) is 0 Å². The number of benzene rings is 2. The fraction of sp³-hybridized carbons (Fsp3) is 0.294. The summed E-state index contributed by atoms with van der Waals surface area (Å²) < 4.78 is 57.6. The standard InChI is InChI=1S/C17H15BrF4/c1-2-3-12-4-6-13(7-5-12)16(19,20)17(21,22)14-8-10-15(18)11-9-14/h4-11H,2-3H2,1H3. The molecule has 0 aliphatic heterocycles. The molecule has 22 heavy (non-hydrogen) atoms. The number of alkyl halides is 4. The van der Waals surface area contributed by atoms with E-state index in [1.807, 2.05) is 6.92 Å². The summed E-state index contributed by atoms with van der Waals surface area (Å²) >= 11 is 3.10. The molecule has 2 aromatic rings. The molecule has 0 saturated heterocycles. The average Bonchev–Trinajstić information content (AvgIpc) is 2.48. The molecule has 0 radical (unpaired) electrons. The van der Waals surface area contributed by atoms with Crippen LogP contribution in [0.1, 0.15) is 30.0 Å². The van der Waals surface area contributed by atoms with Crippen LogP contribution in [0.25, 0.3) is 0 Å². The average molecular weight is 375 g/mol. The Morgan fingerprint density at radius 1 is 0.773 bits per heavy atom. The Balaban J connectivity index is 2.36. The molecular formula is C17H15BrF4. The van der Waals surface area contributed by atoms with E-state index in [4.69, 9.17) is 0 Å². The Hall–Kier alpha value is -1.36. The third-order valence-corrected chi connectivity index (χ3v) is 3.98. The molecule has 0 atom stereocenters. The van der Waals surface area contributed by atoms with Crippen LogP contribution >= 0.6 is 15.9 Å². The fourth-order valence-electron chi connectivity index (χ4n) is 2.19. The normalized spacial score (nSPS) is 12.5. The van der Waals surface area contributed by atoms with Crippen molar-refractivity contribution in [1.82, 2.24) is 0 Å². The molecule has 0 saturated carbocycles. The van der Waals surface area contributed by atoms with Crippen LogP contribution in [0.4, 0.5) is 17.6 Å². The van der Waals surface area contributed by atoms with Gasteiger partial charge in [-0.1, -0.05) is 65.7 Å². The van der Waals surface area contributed by atoms with Gasteiger partial charge >= 0.3 is 11.8 Å². The first-order valence-electron chi connectivity index (χ1n) is 6.90. The zero-order valence-corrected chi connectivity index (χ0v) is 13.5. The highest BCUT2D eigenvalue weighted by molar-refractivity contribution is 9.10. The van der Waals surface area contributed by atoms with Crippen molar-refractivity contribution < 1.29 is 17.6 Å². The van der Waals surface area contributed by atoms with E-state index in [1.165, 1.54) is 24.3 Å². The zero-order chi connectivity index (χ0) is 16.4. The highest BCUT2D eigenvalue weighted by Gasteiger charge is 2.58. The molecule has 0 fully saturated rings. The van der Waals surface area contributed by atoms with E-state index in [-0.39, 0.29) is 0 Å². The summed E-state index contributed by atoms with van der Waals surface area (Å²) in [6.07, 6.45) is 1.60. The minimum absolute atomic E-state index is 0.555. The van der Waals surface area contributed by atoms with Crippen LogP contribution in [0, 0.1) is 0 Å². The van der Waals surface area contributed by atoms with E-state index in [1.54, 1.807) is 0 Å². The fourth-order valence-corrected chi connectivity index (χ4v) is 2.46. The third kappa shape index (κ3) is 3.19. The maximum Gasteiger partial charge on any atom is 0.339 e. The first kappa shape index (κ1) is 17.0. The molecule has 0 aliphatic carbocycles. The van der Waals surface area contributed by atoms with Gasteiger partial charge in [-0.2, -0.15) is 17.6 Å². The lowest BCUT2D eigenvalue weighted by atomic mass is 9.95. The predicted octanol–water partition coefficient (Wildman–Crippen LogP) is 6.29. The zero-order valence-electron chi connectivity index (χ0n) is 11.9. The monoisotopic (exact) mass is 374 g/mol. The van der Waals surface area contributed by atoms with Crippen molar-refractivity contribution in [2.24, 2.45) is 0 Å². The minimum Gasteiger partial charge on any atom is -0.194 e. The van der Waals surface area contributed by atoms with Crippen LogP contribution in [0.15, 0.2) is 53.0 Å². The van der Waals surface area contributed by atoms with Crippen LogP contribution in [0.2, 0.25) is 0 Å². The highest BCUT2D eigenvalue weighted by atomic mass is 79.9. The Labute approximate surface area is 135 Å².